The minimum absolute atomic E-state index is 0.261. The van der Waals surface area contributed by atoms with Crippen molar-refractivity contribution in [2.24, 2.45) is 5.92 Å². The van der Waals surface area contributed by atoms with E-state index >= 15 is 0 Å². The first-order valence-corrected chi connectivity index (χ1v) is 8.23. The molecule has 0 unspecified atom stereocenters. The van der Waals surface area contributed by atoms with Crippen LogP contribution in [0.15, 0.2) is 30.3 Å². The Bertz CT molecular complexity index is 430. The van der Waals surface area contributed by atoms with Crippen molar-refractivity contribution in [3.05, 3.63) is 35.9 Å². The highest BCUT2D eigenvalue weighted by Crippen LogP contribution is 2.44. The van der Waals surface area contributed by atoms with Crippen LogP contribution in [0.25, 0.3) is 0 Å². The van der Waals surface area contributed by atoms with E-state index in [2.05, 4.69) is 42.6 Å². The largest absolute Gasteiger partial charge is 0.388 e. The topological polar surface area (TPSA) is 32.3 Å². The second kappa shape index (κ2) is 5.87. The van der Waals surface area contributed by atoms with Gasteiger partial charge in [-0.25, -0.2) is 0 Å². The van der Waals surface area contributed by atoms with E-state index < -0.39 is 5.60 Å². The van der Waals surface area contributed by atoms with Gasteiger partial charge in [-0.05, 0) is 44.1 Å². The molecule has 2 N–H and O–H groups in total. The van der Waals surface area contributed by atoms with Crippen LogP contribution in [0.4, 0.5) is 0 Å². The maximum atomic E-state index is 11.2. The van der Waals surface area contributed by atoms with E-state index in [1.807, 2.05) is 0 Å². The third-order valence-electron chi connectivity index (χ3n) is 5.49. The first-order valence-electron chi connectivity index (χ1n) is 8.23. The van der Waals surface area contributed by atoms with Crippen molar-refractivity contribution < 1.29 is 5.11 Å². The van der Waals surface area contributed by atoms with E-state index in [0.717, 1.165) is 12.8 Å². The lowest BCUT2D eigenvalue weighted by Gasteiger charge is -2.50. The molecule has 1 aromatic rings. The summed E-state index contributed by atoms with van der Waals surface area (Å²) in [7, 11) is 0. The van der Waals surface area contributed by atoms with Crippen LogP contribution >= 0.6 is 0 Å². The van der Waals surface area contributed by atoms with Crippen molar-refractivity contribution in [3.63, 3.8) is 0 Å². The number of hydrogen-bond acceptors (Lipinski definition) is 2. The Morgan fingerprint density at radius 1 is 1.10 bits per heavy atom. The quantitative estimate of drug-likeness (QED) is 0.877. The summed E-state index contributed by atoms with van der Waals surface area (Å²) in [5.74, 6) is 0.519. The SMILES string of the molecule is C[C@H](N[C@H]1CCC[C@H]2CCCC[C@@]21O)c1ccccc1. The van der Waals surface area contributed by atoms with Crippen molar-refractivity contribution in [2.45, 2.75) is 69.6 Å². The Morgan fingerprint density at radius 3 is 2.65 bits per heavy atom. The molecule has 4 atom stereocenters. The van der Waals surface area contributed by atoms with E-state index in [9.17, 15) is 5.11 Å². The van der Waals surface area contributed by atoms with Gasteiger partial charge < -0.3 is 10.4 Å². The first-order chi connectivity index (χ1) is 9.70. The predicted molar refractivity (Wildman–Crippen MR) is 82.5 cm³/mol. The molecule has 0 aromatic heterocycles. The minimum atomic E-state index is -0.459. The third-order valence-corrected chi connectivity index (χ3v) is 5.49. The highest BCUT2D eigenvalue weighted by Gasteiger charge is 2.47. The molecule has 0 saturated heterocycles. The molecule has 2 nitrogen and oxygen atoms in total. The fourth-order valence-electron chi connectivity index (χ4n) is 4.29. The highest BCUT2D eigenvalue weighted by molar-refractivity contribution is 5.19. The van der Waals surface area contributed by atoms with Crippen LogP contribution in [0.5, 0.6) is 0 Å². The van der Waals surface area contributed by atoms with E-state index in [4.69, 9.17) is 0 Å². The van der Waals surface area contributed by atoms with Gasteiger partial charge in [-0.1, -0.05) is 49.6 Å². The van der Waals surface area contributed by atoms with Crippen LogP contribution in [0, 0.1) is 5.92 Å². The lowest BCUT2D eigenvalue weighted by molar-refractivity contribution is -0.101. The molecule has 110 valence electrons. The van der Waals surface area contributed by atoms with Crippen molar-refractivity contribution >= 4 is 0 Å². The van der Waals surface area contributed by atoms with Gasteiger partial charge in [0.15, 0.2) is 0 Å². The standard InChI is InChI=1S/C18H27NO/c1-14(15-8-3-2-4-9-15)19-17-12-7-11-16-10-5-6-13-18(16,17)20/h2-4,8-9,14,16-17,19-20H,5-7,10-13H2,1H3/t14-,16+,17-,18+/m0/s1. The second-order valence-corrected chi connectivity index (χ2v) is 6.72. The van der Waals surface area contributed by atoms with Crippen molar-refractivity contribution in [1.29, 1.82) is 0 Å². The lowest BCUT2D eigenvalue weighted by atomic mass is 9.64. The van der Waals surface area contributed by atoms with Gasteiger partial charge in [-0.3, -0.25) is 0 Å². The molecule has 2 aliphatic rings. The number of nitrogens with one attached hydrogen (secondary N) is 1. The molecule has 2 saturated carbocycles. The van der Waals surface area contributed by atoms with Gasteiger partial charge in [0.05, 0.1) is 5.60 Å². The number of rotatable bonds is 3. The van der Waals surface area contributed by atoms with E-state index in [0.29, 0.717) is 12.0 Å². The smallest absolute Gasteiger partial charge is 0.0828 e. The fourth-order valence-corrected chi connectivity index (χ4v) is 4.29. The summed E-state index contributed by atoms with van der Waals surface area (Å²) in [5, 5.41) is 14.9. The van der Waals surface area contributed by atoms with Gasteiger partial charge in [-0.15, -0.1) is 0 Å². The summed E-state index contributed by atoms with van der Waals surface area (Å²) in [4.78, 5) is 0. The first kappa shape index (κ1) is 14.1. The van der Waals surface area contributed by atoms with Crippen LogP contribution in [0.3, 0.4) is 0 Å². The third kappa shape index (κ3) is 2.64. The normalized spacial score (nSPS) is 35.3. The van der Waals surface area contributed by atoms with Crippen LogP contribution in [0.1, 0.15) is 63.5 Å². The maximum absolute atomic E-state index is 11.2. The Balaban J connectivity index is 1.72. The fraction of sp³-hybridized carbons (Fsp3) is 0.667. The van der Waals surface area contributed by atoms with Crippen molar-refractivity contribution in [2.75, 3.05) is 0 Å². The van der Waals surface area contributed by atoms with Gasteiger partial charge in [-0.2, -0.15) is 0 Å². The summed E-state index contributed by atoms with van der Waals surface area (Å²) in [6.07, 6.45) is 8.27. The van der Waals surface area contributed by atoms with Gasteiger partial charge in [0.2, 0.25) is 0 Å². The zero-order valence-corrected chi connectivity index (χ0v) is 12.5. The zero-order valence-electron chi connectivity index (χ0n) is 12.5. The molecule has 0 radical (unpaired) electrons. The molecule has 0 amide bonds. The predicted octanol–water partition coefficient (Wildman–Crippen LogP) is 3.81. The van der Waals surface area contributed by atoms with Crippen LogP contribution in [-0.4, -0.2) is 16.7 Å². The van der Waals surface area contributed by atoms with E-state index in [1.54, 1.807) is 0 Å². The van der Waals surface area contributed by atoms with Gasteiger partial charge in [0, 0.05) is 12.1 Å². The molecular weight excluding hydrogens is 246 g/mol. The highest BCUT2D eigenvalue weighted by atomic mass is 16.3. The summed E-state index contributed by atoms with van der Waals surface area (Å²) in [6, 6.07) is 11.1. The molecule has 20 heavy (non-hydrogen) atoms. The number of hydrogen-bond donors (Lipinski definition) is 2. The summed E-state index contributed by atoms with van der Waals surface area (Å²) < 4.78 is 0. The second-order valence-electron chi connectivity index (χ2n) is 6.72. The average Bonchev–Trinajstić information content (AvgIpc) is 2.49. The number of fused-ring (bicyclic) bond motifs is 1. The van der Waals surface area contributed by atoms with Gasteiger partial charge in [0.25, 0.3) is 0 Å². The Kier molecular flexibility index (Phi) is 4.13. The zero-order chi connectivity index (χ0) is 14.0. The molecule has 2 fully saturated rings. The van der Waals surface area contributed by atoms with Crippen molar-refractivity contribution in [3.8, 4) is 0 Å². The molecule has 3 rings (SSSR count). The van der Waals surface area contributed by atoms with E-state index in [-0.39, 0.29) is 6.04 Å². The molecule has 1 aromatic carbocycles. The molecule has 0 aliphatic heterocycles. The van der Waals surface area contributed by atoms with Gasteiger partial charge in [0.1, 0.15) is 0 Å². The minimum Gasteiger partial charge on any atom is -0.388 e. The molecular formula is C18H27NO. The van der Waals surface area contributed by atoms with Crippen LogP contribution in [-0.2, 0) is 0 Å². The summed E-state index contributed by atoms with van der Waals surface area (Å²) in [6.45, 7) is 2.21. The maximum Gasteiger partial charge on any atom is 0.0828 e. The monoisotopic (exact) mass is 273 g/mol. The molecule has 2 heteroatoms. The summed E-state index contributed by atoms with van der Waals surface area (Å²) >= 11 is 0. The number of aliphatic hydroxyl groups is 1. The van der Waals surface area contributed by atoms with Gasteiger partial charge >= 0.3 is 0 Å². The van der Waals surface area contributed by atoms with Crippen LogP contribution < -0.4 is 5.32 Å². The lowest BCUT2D eigenvalue weighted by Crippen LogP contribution is -2.59. The Hall–Kier alpha value is -0.860. The van der Waals surface area contributed by atoms with Crippen molar-refractivity contribution in [1.82, 2.24) is 5.32 Å². The Labute approximate surface area is 122 Å². The molecule has 0 bridgehead atoms. The molecule has 2 aliphatic carbocycles. The molecule has 0 spiro atoms. The summed E-state index contributed by atoms with van der Waals surface area (Å²) in [5.41, 5.74) is 0.855. The molecule has 0 heterocycles. The van der Waals surface area contributed by atoms with E-state index in [1.165, 1.54) is 37.7 Å². The average molecular weight is 273 g/mol. The Morgan fingerprint density at radius 2 is 1.85 bits per heavy atom. The number of benzene rings is 1. The van der Waals surface area contributed by atoms with Crippen LogP contribution in [0.2, 0.25) is 0 Å².